The zero-order chi connectivity index (χ0) is 28.9. The van der Waals surface area contributed by atoms with E-state index < -0.39 is 0 Å². The predicted molar refractivity (Wildman–Crippen MR) is 171 cm³/mol. The minimum absolute atomic E-state index is 0.389. The molecule has 0 heterocycles. The topological polar surface area (TPSA) is 9.23 Å². The van der Waals surface area contributed by atoms with Crippen LogP contribution in [0, 0.1) is 0 Å². The minimum atomic E-state index is 0.389. The van der Waals surface area contributed by atoms with Crippen molar-refractivity contribution in [2.24, 2.45) is 0 Å². The Balaban J connectivity index is 1.86. The van der Waals surface area contributed by atoms with Gasteiger partial charge in [-0.15, -0.1) is 0 Å². The first-order valence-electron chi connectivity index (χ1n) is 15.4. The molecule has 2 atom stereocenters. The molecule has 0 saturated carbocycles. The second kappa shape index (κ2) is 13.7. The lowest BCUT2D eigenvalue weighted by Crippen LogP contribution is -2.08. The van der Waals surface area contributed by atoms with Gasteiger partial charge < -0.3 is 4.74 Å². The Kier molecular flexibility index (Phi) is 10.9. The van der Waals surface area contributed by atoms with Crippen molar-refractivity contribution in [3.63, 3.8) is 0 Å². The smallest absolute Gasteiger partial charge is 0.122 e. The second-order valence-electron chi connectivity index (χ2n) is 13.1. The lowest BCUT2D eigenvalue weighted by Gasteiger charge is -2.24. The third kappa shape index (κ3) is 7.56. The van der Waals surface area contributed by atoms with Crippen molar-refractivity contribution in [2.75, 3.05) is 7.11 Å². The van der Waals surface area contributed by atoms with Crippen LogP contribution in [0.4, 0.5) is 0 Å². The van der Waals surface area contributed by atoms with Crippen molar-refractivity contribution < 1.29 is 4.74 Å². The first-order valence-corrected chi connectivity index (χ1v) is 15.4. The number of aryl methyl sites for hydroxylation is 1. The summed E-state index contributed by atoms with van der Waals surface area (Å²) in [5.74, 6) is 4.05. The minimum Gasteiger partial charge on any atom is -0.496 e. The molecule has 0 N–H and O–H groups in total. The molecule has 1 nitrogen and oxygen atoms in total. The highest BCUT2D eigenvalue weighted by molar-refractivity contribution is 5.46. The lowest BCUT2D eigenvalue weighted by atomic mass is 9.82. The van der Waals surface area contributed by atoms with E-state index in [1.807, 2.05) is 0 Å². The Morgan fingerprint density at radius 1 is 0.538 bits per heavy atom. The zero-order valence-electron chi connectivity index (χ0n) is 26.7. The summed E-state index contributed by atoms with van der Waals surface area (Å²) >= 11 is 0. The highest BCUT2D eigenvalue weighted by Gasteiger charge is 2.20. The molecule has 212 valence electrons. The molecule has 0 spiro atoms. The van der Waals surface area contributed by atoms with Gasteiger partial charge in [-0.05, 0) is 99.8 Å². The van der Waals surface area contributed by atoms with E-state index in [2.05, 4.69) is 124 Å². The third-order valence-electron chi connectivity index (χ3n) is 8.54. The second-order valence-corrected chi connectivity index (χ2v) is 13.1. The van der Waals surface area contributed by atoms with Crippen molar-refractivity contribution in [3.05, 3.63) is 99.1 Å². The van der Waals surface area contributed by atoms with Crippen molar-refractivity contribution >= 4 is 0 Å². The van der Waals surface area contributed by atoms with Gasteiger partial charge in [-0.25, -0.2) is 0 Å². The Morgan fingerprint density at radius 3 is 1.64 bits per heavy atom. The molecule has 0 aliphatic heterocycles. The fraction of sp³-hybridized carbons (Fsp3) is 0.526. The Bertz CT molecular complexity index is 1210. The summed E-state index contributed by atoms with van der Waals surface area (Å²) in [6, 6.07) is 21.0. The van der Waals surface area contributed by atoms with E-state index >= 15 is 0 Å². The van der Waals surface area contributed by atoms with Crippen molar-refractivity contribution in [2.45, 2.75) is 124 Å². The number of rotatable bonds is 12. The molecule has 0 fully saturated rings. The summed E-state index contributed by atoms with van der Waals surface area (Å²) in [6.45, 7) is 23.3. The summed E-state index contributed by atoms with van der Waals surface area (Å²) in [4.78, 5) is 0. The summed E-state index contributed by atoms with van der Waals surface area (Å²) < 4.78 is 5.82. The average Bonchev–Trinajstić information content (AvgIpc) is 2.90. The SMILES string of the molecule is COc1cccc(C(C)C)c1C(C)Cc1ccc(C(C)C)c(C(C)CCc2ccc(C(C)C)c(C(C)C)c2)c1. The number of hydrogen-bond acceptors (Lipinski definition) is 1. The van der Waals surface area contributed by atoms with Crippen LogP contribution in [-0.2, 0) is 12.8 Å². The largest absolute Gasteiger partial charge is 0.496 e. The van der Waals surface area contributed by atoms with E-state index in [0.717, 1.165) is 18.6 Å². The molecule has 0 bridgehead atoms. The molecular weight excluding hydrogens is 472 g/mol. The molecule has 0 saturated heterocycles. The number of benzene rings is 3. The van der Waals surface area contributed by atoms with E-state index in [-0.39, 0.29) is 0 Å². The molecule has 0 aliphatic carbocycles. The van der Waals surface area contributed by atoms with E-state index in [4.69, 9.17) is 4.74 Å². The Labute approximate surface area is 240 Å². The fourth-order valence-electron chi connectivity index (χ4n) is 6.27. The Morgan fingerprint density at radius 2 is 1.08 bits per heavy atom. The first-order chi connectivity index (χ1) is 18.4. The van der Waals surface area contributed by atoms with Crippen molar-refractivity contribution in [3.8, 4) is 5.75 Å². The van der Waals surface area contributed by atoms with Gasteiger partial charge in [0.15, 0.2) is 0 Å². The van der Waals surface area contributed by atoms with Crippen LogP contribution in [0.5, 0.6) is 5.75 Å². The van der Waals surface area contributed by atoms with Gasteiger partial charge in [0.1, 0.15) is 5.75 Å². The number of ether oxygens (including phenoxy) is 1. The first kappa shape index (κ1) is 31.0. The van der Waals surface area contributed by atoms with Gasteiger partial charge in [0.05, 0.1) is 7.11 Å². The molecule has 39 heavy (non-hydrogen) atoms. The normalized spacial score (nSPS) is 13.5. The predicted octanol–water partition coefficient (Wildman–Crippen LogP) is 11.3. The molecule has 0 amide bonds. The van der Waals surface area contributed by atoms with E-state index in [1.54, 1.807) is 7.11 Å². The average molecular weight is 527 g/mol. The van der Waals surface area contributed by atoms with Gasteiger partial charge in [-0.3, -0.25) is 0 Å². The fourth-order valence-corrected chi connectivity index (χ4v) is 6.27. The number of hydrogen-bond donors (Lipinski definition) is 0. The van der Waals surface area contributed by atoms with Crippen LogP contribution in [0.2, 0.25) is 0 Å². The molecule has 0 aliphatic rings. The lowest BCUT2D eigenvalue weighted by molar-refractivity contribution is 0.405. The molecule has 3 rings (SSSR count). The Hall–Kier alpha value is -2.54. The summed E-state index contributed by atoms with van der Waals surface area (Å²) in [5, 5.41) is 0. The maximum Gasteiger partial charge on any atom is 0.122 e. The van der Waals surface area contributed by atoms with Crippen LogP contribution in [0.25, 0.3) is 0 Å². The monoisotopic (exact) mass is 526 g/mol. The van der Waals surface area contributed by atoms with Crippen LogP contribution in [-0.4, -0.2) is 7.11 Å². The molecular formula is C38H54O. The zero-order valence-corrected chi connectivity index (χ0v) is 26.7. The molecule has 3 aromatic carbocycles. The van der Waals surface area contributed by atoms with Gasteiger partial charge in [0.2, 0.25) is 0 Å². The van der Waals surface area contributed by atoms with Gasteiger partial charge in [0, 0.05) is 5.56 Å². The molecule has 1 heteroatoms. The molecule has 2 unspecified atom stereocenters. The highest BCUT2D eigenvalue weighted by Crippen LogP contribution is 2.37. The van der Waals surface area contributed by atoms with Gasteiger partial charge in [-0.1, -0.05) is 118 Å². The van der Waals surface area contributed by atoms with Gasteiger partial charge >= 0.3 is 0 Å². The quantitative estimate of drug-likeness (QED) is 0.228. The van der Waals surface area contributed by atoms with Crippen molar-refractivity contribution in [1.82, 2.24) is 0 Å². The summed E-state index contributed by atoms with van der Waals surface area (Å²) in [5.41, 5.74) is 11.7. The van der Waals surface area contributed by atoms with Gasteiger partial charge in [0.25, 0.3) is 0 Å². The van der Waals surface area contributed by atoms with Crippen LogP contribution >= 0.6 is 0 Å². The van der Waals surface area contributed by atoms with E-state index in [1.165, 1.54) is 50.9 Å². The maximum absolute atomic E-state index is 5.82. The van der Waals surface area contributed by atoms with Crippen LogP contribution < -0.4 is 4.74 Å². The van der Waals surface area contributed by atoms with Crippen LogP contribution in [0.3, 0.4) is 0 Å². The number of methoxy groups -OCH3 is 1. The van der Waals surface area contributed by atoms with E-state index in [0.29, 0.717) is 35.5 Å². The van der Waals surface area contributed by atoms with E-state index in [9.17, 15) is 0 Å². The van der Waals surface area contributed by atoms with Gasteiger partial charge in [-0.2, -0.15) is 0 Å². The van der Waals surface area contributed by atoms with Crippen LogP contribution in [0.1, 0.15) is 156 Å². The summed E-state index contributed by atoms with van der Waals surface area (Å²) in [6.07, 6.45) is 3.31. The third-order valence-corrected chi connectivity index (χ3v) is 8.54. The highest BCUT2D eigenvalue weighted by atomic mass is 16.5. The van der Waals surface area contributed by atoms with Crippen LogP contribution in [0.15, 0.2) is 54.6 Å². The summed E-state index contributed by atoms with van der Waals surface area (Å²) in [7, 11) is 1.80. The van der Waals surface area contributed by atoms with Crippen molar-refractivity contribution in [1.29, 1.82) is 0 Å². The molecule has 0 radical (unpaired) electrons. The maximum atomic E-state index is 5.82. The molecule has 0 aromatic heterocycles. The standard InChI is InChI=1S/C38H54O/c1-24(2)32-19-17-30(22-35(32)27(7)8)16-15-28(9)36-23-31(18-20-33(36)25(3)4)21-29(10)38-34(26(5)6)13-12-14-37(38)39-11/h12-14,17-20,22-29H,15-16,21H2,1-11H3. The molecule has 3 aromatic rings.